The van der Waals surface area contributed by atoms with Crippen LogP contribution in [0.25, 0.3) is 0 Å². The van der Waals surface area contributed by atoms with Gasteiger partial charge in [-0.3, -0.25) is 4.79 Å². The van der Waals surface area contributed by atoms with Gasteiger partial charge in [0, 0.05) is 5.02 Å². The molecule has 0 aliphatic heterocycles. The van der Waals surface area contributed by atoms with Gasteiger partial charge in [-0.2, -0.15) is 0 Å². The minimum atomic E-state index is -0.542. The lowest BCUT2D eigenvalue weighted by Gasteiger charge is -2.09. The van der Waals surface area contributed by atoms with E-state index in [1.54, 1.807) is 36.4 Å². The molecule has 0 aromatic heterocycles. The molecule has 0 saturated carbocycles. The summed E-state index contributed by atoms with van der Waals surface area (Å²) in [6.45, 7) is 1.41. The summed E-state index contributed by atoms with van der Waals surface area (Å²) < 4.78 is 10.4. The van der Waals surface area contributed by atoms with Gasteiger partial charge in [-0.05, 0) is 42.8 Å². The molecular weight excluding hydrogens is 318 g/mol. The highest BCUT2D eigenvalue weighted by Crippen LogP contribution is 2.16. The number of amides is 1. The van der Waals surface area contributed by atoms with Crippen molar-refractivity contribution >= 4 is 23.5 Å². The van der Waals surface area contributed by atoms with E-state index in [2.05, 4.69) is 5.32 Å². The standard InChI is InChI=1S/C17H16ClNO4/c1-12-4-2-3-5-15(12)23-17(21)10-19-16(20)11-22-14-8-6-13(18)7-9-14/h2-9H,10-11H2,1H3,(H,19,20). The summed E-state index contributed by atoms with van der Waals surface area (Å²) in [6, 6.07) is 13.8. The van der Waals surface area contributed by atoms with E-state index in [9.17, 15) is 9.59 Å². The van der Waals surface area contributed by atoms with Crippen molar-refractivity contribution < 1.29 is 19.1 Å². The number of carbonyl (C=O) groups excluding carboxylic acids is 2. The van der Waals surface area contributed by atoms with Crippen LogP contribution in [-0.2, 0) is 9.59 Å². The van der Waals surface area contributed by atoms with Gasteiger partial charge in [-0.25, -0.2) is 4.79 Å². The van der Waals surface area contributed by atoms with Crippen molar-refractivity contribution in [3.63, 3.8) is 0 Å². The number of benzene rings is 2. The second-order valence-electron chi connectivity index (χ2n) is 4.76. The van der Waals surface area contributed by atoms with Gasteiger partial charge in [0.15, 0.2) is 6.61 Å². The van der Waals surface area contributed by atoms with E-state index in [0.29, 0.717) is 16.5 Å². The first-order valence-corrected chi connectivity index (χ1v) is 7.34. The van der Waals surface area contributed by atoms with E-state index >= 15 is 0 Å². The molecule has 0 atom stereocenters. The van der Waals surface area contributed by atoms with Gasteiger partial charge in [0.1, 0.15) is 18.0 Å². The molecule has 0 aliphatic rings. The third-order valence-electron chi connectivity index (χ3n) is 2.93. The quantitative estimate of drug-likeness (QED) is 0.652. The Bertz CT molecular complexity index is 685. The molecule has 0 fully saturated rings. The Morgan fingerprint density at radius 1 is 1.09 bits per heavy atom. The molecular formula is C17H16ClNO4. The molecule has 1 N–H and O–H groups in total. The lowest BCUT2D eigenvalue weighted by molar-refractivity contribution is -0.136. The summed E-state index contributed by atoms with van der Waals surface area (Å²) in [5, 5.41) is 3.02. The number of ether oxygens (including phenoxy) is 2. The predicted octanol–water partition coefficient (Wildman–Crippen LogP) is 2.75. The number of halogens is 1. The maximum Gasteiger partial charge on any atom is 0.330 e. The van der Waals surface area contributed by atoms with Crippen molar-refractivity contribution in [1.29, 1.82) is 0 Å². The summed E-state index contributed by atoms with van der Waals surface area (Å²) in [7, 11) is 0. The maximum atomic E-state index is 11.7. The molecule has 2 aromatic rings. The van der Waals surface area contributed by atoms with Crippen LogP contribution < -0.4 is 14.8 Å². The molecule has 2 rings (SSSR count). The monoisotopic (exact) mass is 333 g/mol. The zero-order valence-electron chi connectivity index (χ0n) is 12.5. The van der Waals surface area contributed by atoms with Crippen molar-refractivity contribution in [1.82, 2.24) is 5.32 Å². The first kappa shape index (κ1) is 16.8. The first-order valence-electron chi connectivity index (χ1n) is 6.96. The van der Waals surface area contributed by atoms with Gasteiger partial charge < -0.3 is 14.8 Å². The predicted molar refractivity (Wildman–Crippen MR) is 86.8 cm³/mol. The largest absolute Gasteiger partial charge is 0.484 e. The van der Waals surface area contributed by atoms with Crippen LogP contribution in [0.2, 0.25) is 5.02 Å². The van der Waals surface area contributed by atoms with Crippen LogP contribution in [0.5, 0.6) is 11.5 Å². The van der Waals surface area contributed by atoms with Crippen molar-refractivity contribution in [2.24, 2.45) is 0 Å². The van der Waals surface area contributed by atoms with Crippen LogP contribution in [0.1, 0.15) is 5.56 Å². The summed E-state index contributed by atoms with van der Waals surface area (Å²) in [6.07, 6.45) is 0. The molecule has 0 spiro atoms. The Labute approximate surface area is 139 Å². The zero-order valence-corrected chi connectivity index (χ0v) is 13.3. The van der Waals surface area contributed by atoms with Gasteiger partial charge >= 0.3 is 5.97 Å². The number of esters is 1. The molecule has 120 valence electrons. The molecule has 0 heterocycles. The lowest BCUT2D eigenvalue weighted by Crippen LogP contribution is -2.35. The molecule has 0 saturated heterocycles. The molecule has 0 unspecified atom stereocenters. The van der Waals surface area contributed by atoms with E-state index < -0.39 is 11.9 Å². The number of carbonyl (C=O) groups is 2. The number of hydrogen-bond donors (Lipinski definition) is 1. The minimum absolute atomic E-state index is 0.195. The number of aryl methyl sites for hydroxylation is 1. The minimum Gasteiger partial charge on any atom is -0.484 e. The highest BCUT2D eigenvalue weighted by Gasteiger charge is 2.09. The average Bonchev–Trinajstić information content (AvgIpc) is 2.54. The molecule has 6 heteroatoms. The smallest absolute Gasteiger partial charge is 0.330 e. The van der Waals surface area contributed by atoms with Gasteiger partial charge in [0.05, 0.1) is 0 Å². The zero-order chi connectivity index (χ0) is 16.7. The molecule has 23 heavy (non-hydrogen) atoms. The topological polar surface area (TPSA) is 64.6 Å². The Balaban J connectivity index is 1.72. The lowest BCUT2D eigenvalue weighted by atomic mass is 10.2. The van der Waals surface area contributed by atoms with Crippen molar-refractivity contribution in [2.45, 2.75) is 6.92 Å². The Hall–Kier alpha value is -2.53. The number of hydrogen-bond acceptors (Lipinski definition) is 4. The first-order chi connectivity index (χ1) is 11.0. The third-order valence-corrected chi connectivity index (χ3v) is 3.18. The van der Waals surface area contributed by atoms with Gasteiger partial charge in [-0.15, -0.1) is 0 Å². The Morgan fingerprint density at radius 2 is 1.78 bits per heavy atom. The molecule has 0 bridgehead atoms. The molecule has 2 aromatic carbocycles. The van der Waals surface area contributed by atoms with Crippen LogP contribution >= 0.6 is 11.6 Å². The van der Waals surface area contributed by atoms with Crippen LogP contribution in [-0.4, -0.2) is 25.0 Å². The van der Waals surface area contributed by atoms with Gasteiger partial charge in [0.2, 0.25) is 0 Å². The summed E-state index contributed by atoms with van der Waals surface area (Å²) in [5.41, 5.74) is 0.846. The highest BCUT2D eigenvalue weighted by atomic mass is 35.5. The molecule has 1 amide bonds. The van der Waals surface area contributed by atoms with Crippen molar-refractivity contribution in [2.75, 3.05) is 13.2 Å². The average molecular weight is 334 g/mol. The van der Waals surface area contributed by atoms with Crippen LogP contribution in [0.3, 0.4) is 0 Å². The second kappa shape index (κ2) is 8.19. The fraction of sp³-hybridized carbons (Fsp3) is 0.176. The highest BCUT2D eigenvalue weighted by molar-refractivity contribution is 6.30. The van der Waals surface area contributed by atoms with E-state index in [-0.39, 0.29) is 13.2 Å². The van der Waals surface area contributed by atoms with E-state index in [4.69, 9.17) is 21.1 Å². The Morgan fingerprint density at radius 3 is 2.48 bits per heavy atom. The molecule has 5 nitrogen and oxygen atoms in total. The third kappa shape index (κ3) is 5.64. The normalized spacial score (nSPS) is 10.0. The maximum absolute atomic E-state index is 11.7. The summed E-state index contributed by atoms with van der Waals surface area (Å²) >= 11 is 5.75. The van der Waals surface area contributed by atoms with Crippen LogP contribution in [0.15, 0.2) is 48.5 Å². The van der Waals surface area contributed by atoms with Crippen molar-refractivity contribution in [3.05, 3.63) is 59.1 Å². The SMILES string of the molecule is Cc1ccccc1OC(=O)CNC(=O)COc1ccc(Cl)cc1. The fourth-order valence-electron chi connectivity index (χ4n) is 1.73. The van der Waals surface area contributed by atoms with E-state index in [1.807, 2.05) is 19.1 Å². The van der Waals surface area contributed by atoms with Gasteiger partial charge in [-0.1, -0.05) is 29.8 Å². The number of rotatable bonds is 6. The Kier molecular flexibility index (Phi) is 6.00. The van der Waals surface area contributed by atoms with Gasteiger partial charge in [0.25, 0.3) is 5.91 Å². The van der Waals surface area contributed by atoms with E-state index in [1.165, 1.54) is 0 Å². The van der Waals surface area contributed by atoms with Crippen LogP contribution in [0.4, 0.5) is 0 Å². The number of para-hydroxylation sites is 1. The van der Waals surface area contributed by atoms with Crippen LogP contribution in [0, 0.1) is 6.92 Å². The second-order valence-corrected chi connectivity index (χ2v) is 5.20. The number of nitrogens with one attached hydrogen (secondary N) is 1. The molecule has 0 radical (unpaired) electrons. The summed E-state index contributed by atoms with van der Waals surface area (Å²) in [5.74, 6) is 0.0389. The van der Waals surface area contributed by atoms with E-state index in [0.717, 1.165) is 5.56 Å². The van der Waals surface area contributed by atoms with Crippen molar-refractivity contribution in [3.8, 4) is 11.5 Å². The fourth-order valence-corrected chi connectivity index (χ4v) is 1.86. The molecule has 0 aliphatic carbocycles. The summed E-state index contributed by atoms with van der Waals surface area (Å²) in [4.78, 5) is 23.3.